The van der Waals surface area contributed by atoms with E-state index in [2.05, 4.69) is 12.6 Å². The number of esters is 1. The van der Waals surface area contributed by atoms with E-state index in [1.54, 1.807) is 0 Å². The summed E-state index contributed by atoms with van der Waals surface area (Å²) >= 11 is 4.29. The molecule has 17 heavy (non-hydrogen) atoms. The Morgan fingerprint density at radius 3 is 3.18 bits per heavy atom. The summed E-state index contributed by atoms with van der Waals surface area (Å²) in [5, 5.41) is 0. The molecule has 4 heteroatoms. The number of rotatable bonds is 3. The van der Waals surface area contributed by atoms with Crippen LogP contribution in [0.15, 0.2) is 23.1 Å². The van der Waals surface area contributed by atoms with Crippen molar-refractivity contribution < 1.29 is 14.3 Å². The van der Waals surface area contributed by atoms with Crippen LogP contribution < -0.4 is 4.74 Å². The van der Waals surface area contributed by atoms with Gasteiger partial charge in [0.2, 0.25) is 0 Å². The Kier molecular flexibility index (Phi) is 3.94. The molecule has 0 fully saturated rings. The van der Waals surface area contributed by atoms with Gasteiger partial charge in [-0.2, -0.15) is 0 Å². The Morgan fingerprint density at radius 1 is 1.59 bits per heavy atom. The van der Waals surface area contributed by atoms with Crippen molar-refractivity contribution in [1.29, 1.82) is 0 Å². The fourth-order valence-corrected chi connectivity index (χ4v) is 2.21. The summed E-state index contributed by atoms with van der Waals surface area (Å²) in [5.74, 6) is 0.676. The second kappa shape index (κ2) is 5.45. The number of carbonyl (C=O) groups excluding carboxylic acids is 1. The van der Waals surface area contributed by atoms with E-state index in [0.29, 0.717) is 13.0 Å². The molecule has 1 aromatic carbocycles. The van der Waals surface area contributed by atoms with E-state index in [1.807, 2.05) is 25.1 Å². The second-order valence-electron chi connectivity index (χ2n) is 4.08. The van der Waals surface area contributed by atoms with E-state index < -0.39 is 0 Å². The van der Waals surface area contributed by atoms with Crippen LogP contribution in [0.25, 0.3) is 0 Å². The quantitative estimate of drug-likeness (QED) is 0.663. The Morgan fingerprint density at radius 2 is 2.41 bits per heavy atom. The summed E-state index contributed by atoms with van der Waals surface area (Å²) < 4.78 is 10.7. The second-order valence-corrected chi connectivity index (χ2v) is 4.60. The zero-order chi connectivity index (χ0) is 12.3. The molecule has 0 radical (unpaired) electrons. The van der Waals surface area contributed by atoms with E-state index in [-0.39, 0.29) is 12.1 Å². The molecule has 0 spiro atoms. The van der Waals surface area contributed by atoms with Crippen molar-refractivity contribution in [3.8, 4) is 5.75 Å². The fraction of sp³-hybridized carbons (Fsp3) is 0.462. The molecule has 1 aromatic rings. The molecule has 1 heterocycles. The van der Waals surface area contributed by atoms with E-state index >= 15 is 0 Å². The van der Waals surface area contributed by atoms with Crippen LogP contribution in [-0.2, 0) is 16.0 Å². The number of aryl methyl sites for hydroxylation is 1. The van der Waals surface area contributed by atoms with Crippen LogP contribution in [0.4, 0.5) is 0 Å². The zero-order valence-electron chi connectivity index (χ0n) is 9.81. The van der Waals surface area contributed by atoms with E-state index in [4.69, 9.17) is 9.47 Å². The van der Waals surface area contributed by atoms with Gasteiger partial charge in [-0.05, 0) is 43.5 Å². The third kappa shape index (κ3) is 3.16. The lowest BCUT2D eigenvalue weighted by Gasteiger charge is -2.25. The summed E-state index contributed by atoms with van der Waals surface area (Å²) in [4.78, 5) is 12.3. The van der Waals surface area contributed by atoms with Crippen molar-refractivity contribution in [2.24, 2.45) is 0 Å². The normalized spacial score (nSPS) is 18.1. The van der Waals surface area contributed by atoms with Crippen LogP contribution >= 0.6 is 12.6 Å². The third-order valence-corrected chi connectivity index (χ3v) is 3.05. The predicted molar refractivity (Wildman–Crippen MR) is 67.7 cm³/mol. The molecule has 1 aliphatic heterocycles. The van der Waals surface area contributed by atoms with Gasteiger partial charge >= 0.3 is 5.97 Å². The van der Waals surface area contributed by atoms with Crippen molar-refractivity contribution in [2.45, 2.75) is 37.2 Å². The first-order chi connectivity index (χ1) is 8.19. The van der Waals surface area contributed by atoms with Crippen molar-refractivity contribution in [1.82, 2.24) is 0 Å². The summed E-state index contributed by atoms with van der Waals surface area (Å²) in [7, 11) is 0. The molecule has 2 rings (SSSR count). The highest BCUT2D eigenvalue weighted by Crippen LogP contribution is 2.30. The van der Waals surface area contributed by atoms with Crippen molar-refractivity contribution in [3.05, 3.63) is 23.8 Å². The summed E-state index contributed by atoms with van der Waals surface area (Å²) in [6, 6.07) is 5.82. The van der Waals surface area contributed by atoms with Crippen LogP contribution in [0.1, 0.15) is 25.3 Å². The monoisotopic (exact) mass is 252 g/mol. The average Bonchev–Trinajstić information content (AvgIpc) is 2.29. The van der Waals surface area contributed by atoms with Crippen LogP contribution in [0.3, 0.4) is 0 Å². The van der Waals surface area contributed by atoms with E-state index in [1.165, 1.54) is 0 Å². The molecule has 0 saturated carbocycles. The summed E-state index contributed by atoms with van der Waals surface area (Å²) in [6.07, 6.45) is 2.04. The number of carbonyl (C=O) groups is 1. The molecular formula is C13H16O3S. The summed E-state index contributed by atoms with van der Waals surface area (Å²) in [6.45, 7) is 2.23. The highest BCUT2D eigenvalue weighted by molar-refractivity contribution is 7.80. The topological polar surface area (TPSA) is 35.5 Å². The largest absolute Gasteiger partial charge is 0.490 e. The number of hydrogen-bond donors (Lipinski definition) is 1. The number of fused-ring (bicyclic) bond motifs is 1. The van der Waals surface area contributed by atoms with Crippen LogP contribution in [0.2, 0.25) is 0 Å². The maximum atomic E-state index is 11.4. The maximum Gasteiger partial charge on any atom is 0.309 e. The van der Waals surface area contributed by atoms with Gasteiger partial charge in [0.15, 0.2) is 0 Å². The highest BCUT2D eigenvalue weighted by atomic mass is 32.1. The SMILES string of the molecule is CCOC(=O)CC1CCc2cc(S)ccc2O1. The molecule has 0 bridgehead atoms. The van der Waals surface area contributed by atoms with Crippen molar-refractivity contribution in [3.63, 3.8) is 0 Å². The van der Waals surface area contributed by atoms with Gasteiger partial charge in [0.05, 0.1) is 13.0 Å². The molecule has 3 nitrogen and oxygen atoms in total. The number of thiol groups is 1. The van der Waals surface area contributed by atoms with Crippen molar-refractivity contribution in [2.75, 3.05) is 6.61 Å². The van der Waals surface area contributed by atoms with Gasteiger partial charge in [-0.1, -0.05) is 0 Å². The molecule has 0 amide bonds. The molecule has 0 N–H and O–H groups in total. The molecular weight excluding hydrogens is 236 g/mol. The third-order valence-electron chi connectivity index (χ3n) is 2.77. The Labute approximate surface area is 107 Å². The van der Waals surface area contributed by atoms with Crippen LogP contribution in [0, 0.1) is 0 Å². The number of hydrogen-bond acceptors (Lipinski definition) is 4. The van der Waals surface area contributed by atoms with E-state index in [0.717, 1.165) is 29.1 Å². The van der Waals surface area contributed by atoms with E-state index in [9.17, 15) is 4.79 Å². The zero-order valence-corrected chi connectivity index (χ0v) is 10.7. The van der Waals surface area contributed by atoms with Gasteiger partial charge in [0, 0.05) is 4.90 Å². The Bertz CT molecular complexity index is 417. The Balaban J connectivity index is 1.99. The summed E-state index contributed by atoms with van der Waals surface area (Å²) in [5.41, 5.74) is 1.16. The standard InChI is InChI=1S/C13H16O3S/c1-2-15-13(14)8-10-4-3-9-7-11(17)5-6-12(9)16-10/h5-7,10,17H,2-4,8H2,1H3. The van der Waals surface area contributed by atoms with Gasteiger partial charge in [0.1, 0.15) is 11.9 Å². The number of benzene rings is 1. The van der Waals surface area contributed by atoms with Gasteiger partial charge in [0.25, 0.3) is 0 Å². The first kappa shape index (κ1) is 12.3. The molecule has 0 aromatic heterocycles. The van der Waals surface area contributed by atoms with Gasteiger partial charge in [-0.25, -0.2) is 0 Å². The molecule has 92 valence electrons. The number of ether oxygens (including phenoxy) is 2. The van der Waals surface area contributed by atoms with Gasteiger partial charge in [-0.15, -0.1) is 12.6 Å². The first-order valence-corrected chi connectivity index (χ1v) is 6.28. The van der Waals surface area contributed by atoms with Crippen molar-refractivity contribution >= 4 is 18.6 Å². The molecule has 0 aliphatic carbocycles. The molecule has 0 saturated heterocycles. The van der Waals surface area contributed by atoms with Gasteiger partial charge < -0.3 is 9.47 Å². The maximum absolute atomic E-state index is 11.4. The lowest BCUT2D eigenvalue weighted by atomic mass is 10.0. The van der Waals surface area contributed by atoms with Gasteiger partial charge in [-0.3, -0.25) is 4.79 Å². The Hall–Kier alpha value is -1.16. The fourth-order valence-electron chi connectivity index (χ4n) is 1.98. The lowest BCUT2D eigenvalue weighted by Crippen LogP contribution is -2.26. The first-order valence-electron chi connectivity index (χ1n) is 5.83. The minimum absolute atomic E-state index is 0.0627. The highest BCUT2D eigenvalue weighted by Gasteiger charge is 2.22. The van der Waals surface area contributed by atoms with Crippen LogP contribution in [-0.4, -0.2) is 18.7 Å². The molecule has 1 atom stereocenters. The lowest BCUT2D eigenvalue weighted by molar-refractivity contribution is -0.145. The minimum Gasteiger partial charge on any atom is -0.490 e. The molecule has 1 unspecified atom stereocenters. The predicted octanol–water partition coefficient (Wildman–Crippen LogP) is 2.62. The average molecular weight is 252 g/mol. The molecule has 1 aliphatic rings. The van der Waals surface area contributed by atoms with Crippen LogP contribution in [0.5, 0.6) is 5.75 Å². The minimum atomic E-state index is -0.188. The smallest absolute Gasteiger partial charge is 0.309 e.